The Morgan fingerprint density at radius 2 is 1.84 bits per heavy atom. The Labute approximate surface area is 114 Å². The number of pyridine rings is 1. The van der Waals surface area contributed by atoms with Crippen molar-refractivity contribution in [1.29, 1.82) is 0 Å². The summed E-state index contributed by atoms with van der Waals surface area (Å²) in [4.78, 5) is 3.97. The molecule has 1 aromatic rings. The van der Waals surface area contributed by atoms with Gasteiger partial charge in [0.05, 0.1) is 0 Å². The first kappa shape index (κ1) is 14.4. The Balaban J connectivity index is 2.20. The Morgan fingerprint density at radius 3 is 2.21 bits per heavy atom. The molecular formula is C13H21N3O2S. The molecule has 19 heavy (non-hydrogen) atoms. The van der Waals surface area contributed by atoms with Crippen molar-refractivity contribution in [3.8, 4) is 0 Å². The first-order chi connectivity index (χ1) is 8.63. The molecule has 0 spiro atoms. The van der Waals surface area contributed by atoms with E-state index in [1.165, 1.54) is 12.3 Å². The predicted octanol–water partition coefficient (Wildman–Crippen LogP) is 1.25. The molecule has 1 saturated carbocycles. The third-order valence-corrected chi connectivity index (χ3v) is 5.94. The van der Waals surface area contributed by atoms with Gasteiger partial charge in [-0.1, -0.05) is 33.8 Å². The average molecular weight is 283 g/mol. The van der Waals surface area contributed by atoms with Crippen molar-refractivity contribution < 1.29 is 8.42 Å². The summed E-state index contributed by atoms with van der Waals surface area (Å²) in [6.45, 7) is 8.59. The first-order valence-electron chi connectivity index (χ1n) is 6.30. The number of rotatable bonds is 4. The van der Waals surface area contributed by atoms with Gasteiger partial charge in [0.25, 0.3) is 10.0 Å². The predicted molar refractivity (Wildman–Crippen MR) is 73.8 cm³/mol. The number of hydrogen-bond donors (Lipinski definition) is 2. The van der Waals surface area contributed by atoms with Gasteiger partial charge < -0.3 is 5.73 Å². The molecule has 106 valence electrons. The third-order valence-electron chi connectivity index (χ3n) is 4.60. The summed E-state index contributed by atoms with van der Waals surface area (Å²) in [6.07, 6.45) is 1.50. The van der Waals surface area contributed by atoms with Crippen LogP contribution >= 0.6 is 0 Å². The molecule has 6 heteroatoms. The molecule has 0 bridgehead atoms. The maximum atomic E-state index is 12.3. The van der Waals surface area contributed by atoms with Crippen molar-refractivity contribution in [1.82, 2.24) is 9.71 Å². The molecule has 0 saturated heterocycles. The molecule has 0 unspecified atom stereocenters. The van der Waals surface area contributed by atoms with E-state index in [0.717, 1.165) is 5.56 Å². The van der Waals surface area contributed by atoms with Gasteiger partial charge in [-0.25, -0.2) is 18.1 Å². The zero-order valence-corrected chi connectivity index (χ0v) is 12.6. The van der Waals surface area contributed by atoms with Crippen LogP contribution < -0.4 is 10.5 Å². The molecule has 0 radical (unpaired) electrons. The van der Waals surface area contributed by atoms with Crippen LogP contribution in [0, 0.1) is 10.8 Å². The molecule has 1 aliphatic rings. The van der Waals surface area contributed by atoms with Gasteiger partial charge >= 0.3 is 0 Å². The molecule has 3 N–H and O–H groups in total. The van der Waals surface area contributed by atoms with E-state index < -0.39 is 10.0 Å². The lowest BCUT2D eigenvalue weighted by molar-refractivity contribution is 0.457. The van der Waals surface area contributed by atoms with E-state index >= 15 is 0 Å². The van der Waals surface area contributed by atoms with Gasteiger partial charge in [-0.2, -0.15) is 0 Å². The standard InChI is InChI=1S/C13H21N3O2S/c1-12(2)11(13(12,3)4)16-19(17,18)10-6-5-9(7-14)8-15-10/h5-6,8,11,16H,7,14H2,1-4H3. The van der Waals surface area contributed by atoms with E-state index in [0.29, 0.717) is 6.54 Å². The molecule has 2 rings (SSSR count). The highest BCUT2D eigenvalue weighted by molar-refractivity contribution is 7.89. The topological polar surface area (TPSA) is 85.1 Å². The van der Waals surface area contributed by atoms with Crippen molar-refractivity contribution in [2.75, 3.05) is 0 Å². The van der Waals surface area contributed by atoms with Crippen LogP contribution in [0.15, 0.2) is 23.4 Å². The van der Waals surface area contributed by atoms with Gasteiger partial charge in [0.1, 0.15) is 0 Å². The van der Waals surface area contributed by atoms with Crippen molar-refractivity contribution in [3.05, 3.63) is 23.9 Å². The summed E-state index contributed by atoms with van der Waals surface area (Å²) in [7, 11) is -3.57. The fourth-order valence-electron chi connectivity index (χ4n) is 2.40. The summed E-state index contributed by atoms with van der Waals surface area (Å²) in [6, 6.07) is 3.11. The van der Waals surface area contributed by atoms with E-state index in [4.69, 9.17) is 5.73 Å². The van der Waals surface area contributed by atoms with Crippen LogP contribution in [-0.2, 0) is 16.6 Å². The lowest BCUT2D eigenvalue weighted by atomic mass is 10.0. The van der Waals surface area contributed by atoms with Gasteiger partial charge in [0.2, 0.25) is 0 Å². The number of sulfonamides is 1. The second kappa shape index (κ2) is 4.26. The van der Waals surface area contributed by atoms with E-state index in [2.05, 4.69) is 37.4 Å². The maximum Gasteiger partial charge on any atom is 0.258 e. The SMILES string of the molecule is CC1(C)C(NS(=O)(=O)c2ccc(CN)cn2)C1(C)C. The van der Waals surface area contributed by atoms with E-state index in [9.17, 15) is 8.42 Å². The Morgan fingerprint density at radius 1 is 1.26 bits per heavy atom. The largest absolute Gasteiger partial charge is 0.326 e. The lowest BCUT2D eigenvalue weighted by Crippen LogP contribution is -2.30. The summed E-state index contributed by atoms with van der Waals surface area (Å²) >= 11 is 0. The maximum absolute atomic E-state index is 12.3. The highest BCUT2D eigenvalue weighted by Gasteiger charge is 2.66. The number of aromatic nitrogens is 1. The Bertz CT molecular complexity index is 562. The summed E-state index contributed by atoms with van der Waals surface area (Å²) in [5.74, 6) is 0. The van der Waals surface area contributed by atoms with Gasteiger partial charge in [-0.15, -0.1) is 0 Å². The first-order valence-corrected chi connectivity index (χ1v) is 7.78. The van der Waals surface area contributed by atoms with Crippen LogP contribution in [-0.4, -0.2) is 19.4 Å². The minimum absolute atomic E-state index is 0.0444. The third kappa shape index (κ3) is 2.28. The second-order valence-corrected chi connectivity index (χ2v) is 7.87. The lowest BCUT2D eigenvalue weighted by Gasteiger charge is -2.08. The van der Waals surface area contributed by atoms with Gasteiger partial charge in [0.15, 0.2) is 5.03 Å². The van der Waals surface area contributed by atoms with E-state index in [-0.39, 0.29) is 21.9 Å². The summed E-state index contributed by atoms with van der Waals surface area (Å²) in [5, 5.41) is 0.0446. The quantitative estimate of drug-likeness (QED) is 0.871. The van der Waals surface area contributed by atoms with Crippen molar-refractivity contribution in [3.63, 3.8) is 0 Å². The molecule has 0 aromatic carbocycles. The molecular weight excluding hydrogens is 262 g/mol. The van der Waals surface area contributed by atoms with E-state index in [1.807, 2.05) is 0 Å². The van der Waals surface area contributed by atoms with Crippen LogP contribution in [0.2, 0.25) is 0 Å². The highest BCUT2D eigenvalue weighted by Crippen LogP contribution is 2.62. The summed E-state index contributed by atoms with van der Waals surface area (Å²) < 4.78 is 27.2. The van der Waals surface area contributed by atoms with E-state index in [1.54, 1.807) is 6.07 Å². The van der Waals surface area contributed by atoms with Crippen molar-refractivity contribution in [2.24, 2.45) is 16.6 Å². The van der Waals surface area contributed by atoms with Crippen LogP contribution in [0.5, 0.6) is 0 Å². The number of nitrogens with one attached hydrogen (secondary N) is 1. The molecule has 1 fully saturated rings. The molecule has 1 heterocycles. The Hall–Kier alpha value is -0.980. The van der Waals surface area contributed by atoms with Gasteiger partial charge in [-0.05, 0) is 22.5 Å². The molecule has 0 atom stereocenters. The Kier molecular flexibility index (Phi) is 3.24. The summed E-state index contributed by atoms with van der Waals surface area (Å²) in [5.41, 5.74) is 6.19. The fourth-order valence-corrected chi connectivity index (χ4v) is 3.86. The number of nitrogens with zero attached hydrogens (tertiary/aromatic N) is 1. The minimum atomic E-state index is -3.57. The molecule has 0 amide bonds. The fraction of sp³-hybridized carbons (Fsp3) is 0.615. The number of nitrogens with two attached hydrogens (primary N) is 1. The van der Waals surface area contributed by atoms with Crippen LogP contribution in [0.25, 0.3) is 0 Å². The van der Waals surface area contributed by atoms with Gasteiger partial charge in [0, 0.05) is 18.8 Å². The highest BCUT2D eigenvalue weighted by atomic mass is 32.2. The average Bonchev–Trinajstić information content (AvgIpc) is 2.71. The molecule has 1 aliphatic carbocycles. The smallest absolute Gasteiger partial charge is 0.258 e. The normalized spacial score (nSPS) is 21.3. The van der Waals surface area contributed by atoms with Crippen molar-refractivity contribution >= 4 is 10.0 Å². The van der Waals surface area contributed by atoms with Crippen LogP contribution in [0.1, 0.15) is 33.3 Å². The zero-order valence-electron chi connectivity index (χ0n) is 11.8. The monoisotopic (exact) mass is 283 g/mol. The van der Waals surface area contributed by atoms with Crippen LogP contribution in [0.3, 0.4) is 0 Å². The van der Waals surface area contributed by atoms with Crippen LogP contribution in [0.4, 0.5) is 0 Å². The number of hydrogen-bond acceptors (Lipinski definition) is 4. The zero-order chi connectivity index (χ0) is 14.5. The van der Waals surface area contributed by atoms with Gasteiger partial charge in [-0.3, -0.25) is 0 Å². The molecule has 0 aliphatic heterocycles. The molecule has 5 nitrogen and oxygen atoms in total. The van der Waals surface area contributed by atoms with Crippen molar-refractivity contribution in [2.45, 2.75) is 45.3 Å². The minimum Gasteiger partial charge on any atom is -0.326 e. The second-order valence-electron chi connectivity index (χ2n) is 6.21. The molecule has 1 aromatic heterocycles.